The number of carbonyl (C=O) groups is 2. The summed E-state index contributed by atoms with van der Waals surface area (Å²) in [5, 5.41) is 3.26. The first-order chi connectivity index (χ1) is 15.7. The zero-order valence-electron chi connectivity index (χ0n) is 18.9. The number of sulfonamides is 1. The van der Waals surface area contributed by atoms with Crippen molar-refractivity contribution < 1.29 is 18.0 Å². The minimum Gasteiger partial charge on any atom is -0.349 e. The van der Waals surface area contributed by atoms with E-state index in [9.17, 15) is 18.0 Å². The number of nitrogens with zero attached hydrogens (tertiary/aromatic N) is 1. The van der Waals surface area contributed by atoms with Gasteiger partial charge in [-0.15, -0.1) is 0 Å². The summed E-state index contributed by atoms with van der Waals surface area (Å²) in [7, 11) is -3.91. The third-order valence-electron chi connectivity index (χ3n) is 6.00. The largest absolute Gasteiger partial charge is 0.349 e. The Kier molecular flexibility index (Phi) is 8.37. The first-order valence-electron chi connectivity index (χ1n) is 11.2. The SMILES string of the molecule is CCC(CC)C(=O)N1CCC(NC(=O)c2cccc(S(=O)(=O)Nc3ccccc3Cl)c2)CC1. The number of nitrogens with one attached hydrogen (secondary N) is 2. The van der Waals surface area contributed by atoms with E-state index in [-0.39, 0.29) is 44.9 Å². The summed E-state index contributed by atoms with van der Waals surface area (Å²) in [5.74, 6) is -0.0940. The summed E-state index contributed by atoms with van der Waals surface area (Å²) in [6.07, 6.45) is 3.00. The van der Waals surface area contributed by atoms with Gasteiger partial charge in [-0.3, -0.25) is 14.3 Å². The van der Waals surface area contributed by atoms with E-state index in [1.54, 1.807) is 30.3 Å². The van der Waals surface area contributed by atoms with Crippen LogP contribution in [0.15, 0.2) is 53.4 Å². The van der Waals surface area contributed by atoms with E-state index in [0.29, 0.717) is 25.9 Å². The molecule has 2 N–H and O–H groups in total. The highest BCUT2D eigenvalue weighted by molar-refractivity contribution is 7.92. The Hall–Kier alpha value is -2.58. The van der Waals surface area contributed by atoms with Crippen molar-refractivity contribution in [1.29, 1.82) is 0 Å². The number of para-hydroxylation sites is 1. The Morgan fingerprint density at radius 2 is 1.73 bits per heavy atom. The van der Waals surface area contributed by atoms with E-state index < -0.39 is 10.0 Å². The highest BCUT2D eigenvalue weighted by Gasteiger charge is 2.27. The van der Waals surface area contributed by atoms with Gasteiger partial charge in [0.2, 0.25) is 5.91 Å². The molecule has 9 heteroatoms. The van der Waals surface area contributed by atoms with E-state index in [1.165, 1.54) is 18.2 Å². The summed E-state index contributed by atoms with van der Waals surface area (Å²) in [5.41, 5.74) is 0.524. The van der Waals surface area contributed by atoms with Gasteiger partial charge >= 0.3 is 0 Å². The second-order valence-electron chi connectivity index (χ2n) is 8.20. The molecule has 0 spiro atoms. The van der Waals surface area contributed by atoms with Gasteiger partial charge in [0, 0.05) is 30.6 Å². The Morgan fingerprint density at radius 1 is 1.06 bits per heavy atom. The van der Waals surface area contributed by atoms with Crippen LogP contribution in [0.4, 0.5) is 5.69 Å². The molecule has 1 saturated heterocycles. The van der Waals surface area contributed by atoms with E-state index in [0.717, 1.165) is 12.8 Å². The van der Waals surface area contributed by atoms with Gasteiger partial charge in [-0.25, -0.2) is 8.42 Å². The lowest BCUT2D eigenvalue weighted by Gasteiger charge is -2.34. The average molecular weight is 492 g/mol. The predicted octanol–water partition coefficient (Wildman–Crippen LogP) is 4.30. The van der Waals surface area contributed by atoms with Crippen LogP contribution in [-0.4, -0.2) is 44.3 Å². The van der Waals surface area contributed by atoms with E-state index in [1.807, 2.05) is 18.7 Å². The topological polar surface area (TPSA) is 95.6 Å². The Morgan fingerprint density at radius 3 is 2.36 bits per heavy atom. The molecule has 1 aliphatic heterocycles. The van der Waals surface area contributed by atoms with Gasteiger partial charge in [0.25, 0.3) is 15.9 Å². The first kappa shape index (κ1) is 25.1. The predicted molar refractivity (Wildman–Crippen MR) is 130 cm³/mol. The molecule has 1 fully saturated rings. The summed E-state index contributed by atoms with van der Waals surface area (Å²) in [6, 6.07) is 12.4. The Balaban J connectivity index is 1.62. The number of hydrogen-bond acceptors (Lipinski definition) is 4. The molecule has 0 atom stereocenters. The van der Waals surface area contributed by atoms with Crippen molar-refractivity contribution >= 4 is 39.1 Å². The number of halogens is 1. The van der Waals surface area contributed by atoms with Gasteiger partial charge < -0.3 is 10.2 Å². The normalized spacial score (nSPS) is 14.8. The number of rotatable bonds is 8. The third-order valence-corrected chi connectivity index (χ3v) is 7.69. The summed E-state index contributed by atoms with van der Waals surface area (Å²) < 4.78 is 28.0. The molecule has 0 aliphatic carbocycles. The van der Waals surface area contributed by atoms with Crippen molar-refractivity contribution in [3.8, 4) is 0 Å². The lowest BCUT2D eigenvalue weighted by molar-refractivity contribution is -0.136. The number of hydrogen-bond donors (Lipinski definition) is 2. The van der Waals surface area contributed by atoms with E-state index >= 15 is 0 Å². The van der Waals surface area contributed by atoms with Crippen LogP contribution in [0.5, 0.6) is 0 Å². The lowest BCUT2D eigenvalue weighted by Crippen LogP contribution is -2.48. The molecule has 2 amide bonds. The minimum absolute atomic E-state index is 0.0272. The highest BCUT2D eigenvalue weighted by atomic mass is 35.5. The molecule has 1 aliphatic rings. The van der Waals surface area contributed by atoms with Crippen LogP contribution in [-0.2, 0) is 14.8 Å². The molecule has 0 bridgehead atoms. The second kappa shape index (κ2) is 11.0. The number of anilines is 1. The minimum atomic E-state index is -3.91. The van der Waals surface area contributed by atoms with Crippen LogP contribution in [0.1, 0.15) is 49.9 Å². The van der Waals surface area contributed by atoms with Gasteiger partial charge in [-0.05, 0) is 56.0 Å². The zero-order chi connectivity index (χ0) is 24.0. The number of benzene rings is 2. The molecular formula is C24H30ClN3O4S. The van der Waals surface area contributed by atoms with Gasteiger partial charge in [0.05, 0.1) is 15.6 Å². The molecule has 33 heavy (non-hydrogen) atoms. The van der Waals surface area contributed by atoms with Crippen LogP contribution in [0.2, 0.25) is 5.02 Å². The maximum Gasteiger partial charge on any atom is 0.261 e. The summed E-state index contributed by atoms with van der Waals surface area (Å²) in [4.78, 5) is 27.2. The maximum absolute atomic E-state index is 12.8. The van der Waals surface area contributed by atoms with Crippen LogP contribution in [0.25, 0.3) is 0 Å². The molecule has 7 nitrogen and oxygen atoms in total. The number of carbonyl (C=O) groups excluding carboxylic acids is 2. The molecule has 2 aromatic rings. The number of likely N-dealkylation sites (tertiary alicyclic amines) is 1. The molecule has 0 unspecified atom stereocenters. The molecule has 178 valence electrons. The van der Waals surface area contributed by atoms with Crippen LogP contribution in [0, 0.1) is 5.92 Å². The first-order valence-corrected chi connectivity index (χ1v) is 13.1. The Labute approximate surface area is 200 Å². The van der Waals surface area contributed by atoms with Crippen molar-refractivity contribution in [1.82, 2.24) is 10.2 Å². The monoisotopic (exact) mass is 491 g/mol. The fourth-order valence-corrected chi connectivity index (χ4v) is 5.33. The Bertz CT molecular complexity index is 1090. The summed E-state index contributed by atoms with van der Waals surface area (Å²) >= 11 is 6.06. The standard InChI is InChI=1S/C24H30ClN3O4S/c1-3-17(4-2)24(30)28-14-12-19(13-15-28)26-23(29)18-8-7-9-20(16-18)33(31,32)27-22-11-6-5-10-21(22)25/h5-11,16-17,19,27H,3-4,12-15H2,1-2H3,(H,26,29). The molecule has 1 heterocycles. The van der Waals surface area contributed by atoms with Crippen LogP contribution < -0.4 is 10.0 Å². The van der Waals surface area contributed by atoms with Crippen molar-refractivity contribution in [3.05, 3.63) is 59.1 Å². The van der Waals surface area contributed by atoms with Gasteiger partial charge in [-0.2, -0.15) is 0 Å². The van der Waals surface area contributed by atoms with Gasteiger partial charge in [0.15, 0.2) is 0 Å². The van der Waals surface area contributed by atoms with Crippen molar-refractivity contribution in [2.75, 3.05) is 17.8 Å². The molecule has 2 aromatic carbocycles. The summed E-state index contributed by atoms with van der Waals surface area (Å²) in [6.45, 7) is 5.27. The quantitative estimate of drug-likeness (QED) is 0.575. The van der Waals surface area contributed by atoms with Crippen LogP contribution >= 0.6 is 11.6 Å². The molecule has 0 aromatic heterocycles. The van der Waals surface area contributed by atoms with Crippen molar-refractivity contribution in [2.45, 2.75) is 50.5 Å². The van der Waals surface area contributed by atoms with E-state index in [4.69, 9.17) is 11.6 Å². The fourth-order valence-electron chi connectivity index (χ4n) is 3.96. The smallest absolute Gasteiger partial charge is 0.261 e. The van der Waals surface area contributed by atoms with E-state index in [2.05, 4.69) is 10.0 Å². The van der Waals surface area contributed by atoms with Crippen molar-refractivity contribution in [2.24, 2.45) is 5.92 Å². The van der Waals surface area contributed by atoms with Crippen LogP contribution in [0.3, 0.4) is 0 Å². The fraction of sp³-hybridized carbons (Fsp3) is 0.417. The second-order valence-corrected chi connectivity index (χ2v) is 10.3. The lowest BCUT2D eigenvalue weighted by atomic mass is 9.98. The maximum atomic E-state index is 12.8. The third kappa shape index (κ3) is 6.26. The highest BCUT2D eigenvalue weighted by Crippen LogP contribution is 2.24. The van der Waals surface area contributed by atoms with Crippen molar-refractivity contribution in [3.63, 3.8) is 0 Å². The molecular weight excluding hydrogens is 462 g/mol. The zero-order valence-corrected chi connectivity index (χ0v) is 20.5. The number of piperidine rings is 1. The molecule has 3 rings (SSSR count). The molecule has 0 saturated carbocycles. The average Bonchev–Trinajstić information content (AvgIpc) is 2.82. The number of amides is 2. The van der Waals surface area contributed by atoms with Gasteiger partial charge in [-0.1, -0.05) is 43.6 Å². The molecule has 0 radical (unpaired) electrons. The van der Waals surface area contributed by atoms with Gasteiger partial charge in [0.1, 0.15) is 0 Å².